The number of nitrogens with one attached hydrogen (secondary N) is 2. The van der Waals surface area contributed by atoms with Gasteiger partial charge in [0.25, 0.3) is 5.56 Å². The molecule has 2 aliphatic rings. The standard InChI is InChI=1S/C24H28N4O/c1-4-25-24-26-16(3)20-15-21(23(29)28(5-2)22(20)27-24)19-13-11-18(12-14-19)17-9-7-6-8-10-17/h7,9-15,24-25,27H,4-6,8H2,1-3H3. The molecule has 1 aromatic carbocycles. The lowest BCUT2D eigenvalue weighted by atomic mass is 9.96. The van der Waals surface area contributed by atoms with E-state index in [0.717, 1.165) is 42.0 Å². The Morgan fingerprint density at radius 3 is 2.55 bits per heavy atom. The van der Waals surface area contributed by atoms with Crippen LogP contribution in [0.4, 0.5) is 5.82 Å². The molecule has 0 amide bonds. The lowest BCUT2D eigenvalue weighted by Gasteiger charge is -2.28. The predicted molar refractivity (Wildman–Crippen MR) is 121 cm³/mol. The van der Waals surface area contributed by atoms with Crippen molar-refractivity contribution in [3.05, 3.63) is 70.0 Å². The average Bonchev–Trinajstić information content (AvgIpc) is 2.75. The molecule has 2 aromatic rings. The summed E-state index contributed by atoms with van der Waals surface area (Å²) in [6.07, 6.45) is 8.64. The molecule has 0 bridgehead atoms. The predicted octanol–water partition coefficient (Wildman–Crippen LogP) is 4.40. The number of hydrogen-bond donors (Lipinski definition) is 2. The van der Waals surface area contributed by atoms with Crippen molar-refractivity contribution in [2.24, 2.45) is 4.99 Å². The number of anilines is 1. The molecule has 1 aliphatic carbocycles. The Hall–Kier alpha value is -2.92. The summed E-state index contributed by atoms with van der Waals surface area (Å²) < 4.78 is 1.81. The van der Waals surface area contributed by atoms with E-state index in [2.05, 4.69) is 41.0 Å². The van der Waals surface area contributed by atoms with E-state index in [4.69, 9.17) is 4.99 Å². The summed E-state index contributed by atoms with van der Waals surface area (Å²) in [7, 11) is 0. The van der Waals surface area contributed by atoms with Gasteiger partial charge in [-0.25, -0.2) is 4.99 Å². The average molecular weight is 389 g/mol. The first-order valence-corrected chi connectivity index (χ1v) is 10.4. The highest BCUT2D eigenvalue weighted by Crippen LogP contribution is 2.28. The van der Waals surface area contributed by atoms with Crippen molar-refractivity contribution in [1.29, 1.82) is 0 Å². The molecule has 0 saturated carbocycles. The molecule has 1 atom stereocenters. The molecule has 5 heteroatoms. The molecular formula is C24H28N4O. The number of nitrogens with zero attached hydrogens (tertiary/aromatic N) is 2. The summed E-state index contributed by atoms with van der Waals surface area (Å²) in [5.74, 6) is 0.841. The molecule has 29 heavy (non-hydrogen) atoms. The first kappa shape index (κ1) is 19.4. The highest BCUT2D eigenvalue weighted by Gasteiger charge is 2.23. The summed E-state index contributed by atoms with van der Waals surface area (Å²) in [6, 6.07) is 10.3. The SMILES string of the molecule is CCNC1N=C(C)c2cc(-c3ccc(C4=CCCC=C4)cc3)c(=O)n(CC)c2N1. The van der Waals surface area contributed by atoms with Crippen LogP contribution in [-0.4, -0.2) is 23.1 Å². The van der Waals surface area contributed by atoms with Gasteiger partial charge in [-0.15, -0.1) is 0 Å². The highest BCUT2D eigenvalue weighted by molar-refractivity contribution is 6.05. The van der Waals surface area contributed by atoms with Gasteiger partial charge in [0.15, 0.2) is 6.29 Å². The van der Waals surface area contributed by atoms with E-state index < -0.39 is 0 Å². The molecule has 2 N–H and O–H groups in total. The van der Waals surface area contributed by atoms with Crippen LogP contribution in [0, 0.1) is 0 Å². The fraction of sp³-hybridized carbons (Fsp3) is 0.333. The summed E-state index contributed by atoms with van der Waals surface area (Å²) in [6.45, 7) is 7.45. The zero-order valence-electron chi connectivity index (χ0n) is 17.3. The van der Waals surface area contributed by atoms with Crippen molar-refractivity contribution >= 4 is 17.1 Å². The van der Waals surface area contributed by atoms with Gasteiger partial charge in [-0.05, 0) is 56.0 Å². The summed E-state index contributed by atoms with van der Waals surface area (Å²) in [4.78, 5) is 18.0. The molecule has 1 aromatic heterocycles. The van der Waals surface area contributed by atoms with Gasteiger partial charge in [0.2, 0.25) is 0 Å². The largest absolute Gasteiger partial charge is 0.337 e. The molecule has 0 fully saturated rings. The molecule has 0 saturated heterocycles. The molecular weight excluding hydrogens is 360 g/mol. The summed E-state index contributed by atoms with van der Waals surface area (Å²) >= 11 is 0. The van der Waals surface area contributed by atoms with E-state index in [-0.39, 0.29) is 11.8 Å². The second-order valence-electron chi connectivity index (χ2n) is 7.41. The van der Waals surface area contributed by atoms with Gasteiger partial charge < -0.3 is 5.32 Å². The Bertz CT molecular complexity index is 1060. The first-order valence-electron chi connectivity index (χ1n) is 10.4. The van der Waals surface area contributed by atoms with Gasteiger partial charge in [0.1, 0.15) is 5.82 Å². The number of aromatic nitrogens is 1. The van der Waals surface area contributed by atoms with Gasteiger partial charge in [0, 0.05) is 23.4 Å². The molecule has 0 spiro atoms. The number of rotatable bonds is 5. The van der Waals surface area contributed by atoms with Gasteiger partial charge in [-0.1, -0.05) is 49.4 Å². The maximum Gasteiger partial charge on any atom is 0.260 e. The number of fused-ring (bicyclic) bond motifs is 1. The minimum Gasteiger partial charge on any atom is -0.337 e. The number of hydrogen-bond acceptors (Lipinski definition) is 4. The molecule has 2 heterocycles. The molecule has 1 unspecified atom stereocenters. The molecule has 4 rings (SSSR count). The number of aliphatic imine (C=N–C) groups is 1. The topological polar surface area (TPSA) is 58.4 Å². The quantitative estimate of drug-likeness (QED) is 0.798. The third kappa shape index (κ3) is 3.70. The van der Waals surface area contributed by atoms with E-state index in [1.165, 1.54) is 11.1 Å². The smallest absolute Gasteiger partial charge is 0.260 e. The van der Waals surface area contributed by atoms with Crippen LogP contribution in [-0.2, 0) is 6.54 Å². The van der Waals surface area contributed by atoms with Crippen LogP contribution in [0.25, 0.3) is 16.7 Å². The third-order valence-corrected chi connectivity index (χ3v) is 5.51. The van der Waals surface area contributed by atoms with Gasteiger partial charge in [-0.3, -0.25) is 14.7 Å². The summed E-state index contributed by atoms with van der Waals surface area (Å²) in [5, 5.41) is 6.65. The van der Waals surface area contributed by atoms with Crippen molar-refractivity contribution in [2.75, 3.05) is 11.9 Å². The van der Waals surface area contributed by atoms with E-state index in [1.807, 2.05) is 43.5 Å². The van der Waals surface area contributed by atoms with Crippen LogP contribution in [0.15, 0.2) is 58.3 Å². The Labute approximate surface area is 171 Å². The van der Waals surface area contributed by atoms with Gasteiger partial charge in [-0.2, -0.15) is 0 Å². The zero-order valence-corrected chi connectivity index (χ0v) is 17.3. The van der Waals surface area contributed by atoms with E-state index >= 15 is 0 Å². The maximum atomic E-state index is 13.3. The zero-order chi connectivity index (χ0) is 20.4. The molecule has 5 nitrogen and oxygen atoms in total. The van der Waals surface area contributed by atoms with Crippen LogP contribution in [0.5, 0.6) is 0 Å². The molecule has 0 radical (unpaired) electrons. The Kier molecular flexibility index (Phi) is 5.49. The normalized spacial score (nSPS) is 18.0. The molecule has 150 valence electrons. The maximum absolute atomic E-state index is 13.3. The number of benzene rings is 1. The number of allylic oxidation sites excluding steroid dienone is 4. The monoisotopic (exact) mass is 388 g/mol. The van der Waals surface area contributed by atoms with Crippen LogP contribution >= 0.6 is 0 Å². The second kappa shape index (κ2) is 8.21. The lowest BCUT2D eigenvalue weighted by Crippen LogP contribution is -2.41. The third-order valence-electron chi connectivity index (χ3n) is 5.51. The van der Waals surface area contributed by atoms with Gasteiger partial charge in [0.05, 0.1) is 0 Å². The van der Waals surface area contributed by atoms with Crippen molar-refractivity contribution in [3.63, 3.8) is 0 Å². The second-order valence-corrected chi connectivity index (χ2v) is 7.41. The first-order chi connectivity index (χ1) is 14.1. The van der Waals surface area contributed by atoms with Crippen LogP contribution in [0.2, 0.25) is 0 Å². The Morgan fingerprint density at radius 2 is 1.90 bits per heavy atom. The van der Waals surface area contributed by atoms with E-state index in [9.17, 15) is 4.79 Å². The van der Waals surface area contributed by atoms with Crippen molar-refractivity contribution < 1.29 is 0 Å². The Morgan fingerprint density at radius 1 is 1.14 bits per heavy atom. The van der Waals surface area contributed by atoms with E-state index in [1.54, 1.807) is 0 Å². The van der Waals surface area contributed by atoms with Crippen molar-refractivity contribution in [3.8, 4) is 11.1 Å². The van der Waals surface area contributed by atoms with Crippen molar-refractivity contribution in [2.45, 2.75) is 46.4 Å². The highest BCUT2D eigenvalue weighted by atomic mass is 16.1. The molecule has 1 aliphatic heterocycles. The number of pyridine rings is 1. The summed E-state index contributed by atoms with van der Waals surface area (Å²) in [5.41, 5.74) is 6.02. The van der Waals surface area contributed by atoms with E-state index in [0.29, 0.717) is 12.1 Å². The fourth-order valence-corrected chi connectivity index (χ4v) is 3.99. The van der Waals surface area contributed by atoms with Crippen molar-refractivity contribution in [1.82, 2.24) is 9.88 Å². The Balaban J connectivity index is 1.76. The van der Waals surface area contributed by atoms with Crippen LogP contribution in [0.1, 0.15) is 44.7 Å². The fourth-order valence-electron chi connectivity index (χ4n) is 3.99. The van der Waals surface area contributed by atoms with Crippen LogP contribution < -0.4 is 16.2 Å². The van der Waals surface area contributed by atoms with Crippen LogP contribution in [0.3, 0.4) is 0 Å². The minimum absolute atomic E-state index is 0.0215. The lowest BCUT2D eigenvalue weighted by molar-refractivity contribution is 0.585. The minimum atomic E-state index is -0.202. The van der Waals surface area contributed by atoms with Gasteiger partial charge >= 0.3 is 0 Å².